The number of carbonyl (C=O) groups is 1. The lowest BCUT2D eigenvalue weighted by Crippen LogP contribution is -2.16. The van der Waals surface area contributed by atoms with Crippen molar-refractivity contribution in [3.8, 4) is 5.75 Å². The van der Waals surface area contributed by atoms with E-state index in [0.29, 0.717) is 28.7 Å². The second kappa shape index (κ2) is 9.34. The summed E-state index contributed by atoms with van der Waals surface area (Å²) in [5, 5.41) is 9.62. The molecule has 0 aliphatic carbocycles. The van der Waals surface area contributed by atoms with Crippen molar-refractivity contribution in [2.24, 2.45) is 11.8 Å². The third-order valence-corrected chi connectivity index (χ3v) is 5.02. The smallest absolute Gasteiger partial charge is 0.181 e. The van der Waals surface area contributed by atoms with E-state index in [9.17, 15) is 18.7 Å². The molecule has 2 heterocycles. The van der Waals surface area contributed by atoms with E-state index in [-0.39, 0.29) is 36.9 Å². The van der Waals surface area contributed by atoms with Gasteiger partial charge in [-0.25, -0.2) is 13.8 Å². The summed E-state index contributed by atoms with van der Waals surface area (Å²) in [6.45, 7) is 5.48. The molecule has 0 aliphatic rings. The minimum Gasteiger partial charge on any atom is -0.485 e. The zero-order valence-corrected chi connectivity index (χ0v) is 17.4. The summed E-state index contributed by atoms with van der Waals surface area (Å²) >= 11 is 0. The average molecular weight is 416 g/mol. The van der Waals surface area contributed by atoms with E-state index in [0.717, 1.165) is 6.42 Å². The van der Waals surface area contributed by atoms with Crippen LogP contribution < -0.4 is 4.74 Å². The van der Waals surface area contributed by atoms with E-state index in [1.807, 2.05) is 0 Å². The third-order valence-electron chi connectivity index (χ3n) is 5.02. The first-order chi connectivity index (χ1) is 14.3. The number of ketones is 1. The largest absolute Gasteiger partial charge is 0.485 e. The molecular weight excluding hydrogens is 390 g/mol. The van der Waals surface area contributed by atoms with E-state index < -0.39 is 11.6 Å². The Labute approximate surface area is 174 Å². The van der Waals surface area contributed by atoms with Gasteiger partial charge in [0.15, 0.2) is 17.2 Å². The number of pyridine rings is 1. The predicted molar refractivity (Wildman–Crippen MR) is 110 cm³/mol. The number of imidazole rings is 1. The molecule has 0 radical (unpaired) electrons. The number of ether oxygens (including phenoxy) is 1. The molecule has 0 saturated heterocycles. The number of rotatable bonds is 9. The lowest BCUT2D eigenvalue weighted by atomic mass is 9.92. The topological polar surface area (TPSA) is 63.8 Å². The van der Waals surface area contributed by atoms with Crippen LogP contribution in [0.15, 0.2) is 36.5 Å². The molecule has 0 fully saturated rings. The molecular formula is C23H26F2N2O3. The Morgan fingerprint density at radius 1 is 1.20 bits per heavy atom. The average Bonchev–Trinajstić information content (AvgIpc) is 3.03. The highest BCUT2D eigenvalue weighted by Gasteiger charge is 2.22. The van der Waals surface area contributed by atoms with Crippen molar-refractivity contribution in [1.82, 2.24) is 9.38 Å². The fourth-order valence-electron chi connectivity index (χ4n) is 3.67. The summed E-state index contributed by atoms with van der Waals surface area (Å²) in [6, 6.07) is 6.98. The maximum Gasteiger partial charge on any atom is 0.181 e. The van der Waals surface area contributed by atoms with Gasteiger partial charge in [0.05, 0.1) is 11.3 Å². The molecule has 5 nitrogen and oxygen atoms in total. The summed E-state index contributed by atoms with van der Waals surface area (Å²) in [4.78, 5) is 17.4. The fourth-order valence-corrected chi connectivity index (χ4v) is 3.67. The molecule has 1 N–H and O–H groups in total. The summed E-state index contributed by atoms with van der Waals surface area (Å²) < 4.78 is 35.0. The Bertz CT molecular complexity index is 1030. The van der Waals surface area contributed by atoms with Crippen molar-refractivity contribution < 1.29 is 23.4 Å². The Balaban J connectivity index is 1.87. The molecule has 7 heteroatoms. The maximum atomic E-state index is 13.9. The number of aliphatic hydroxyl groups excluding tert-OH is 1. The maximum absolute atomic E-state index is 13.9. The first kappa shape index (κ1) is 21.9. The fraction of sp³-hybridized carbons (Fsp3) is 0.391. The number of carbonyl (C=O) groups excluding carboxylic acids is 1. The van der Waals surface area contributed by atoms with Gasteiger partial charge in [-0.2, -0.15) is 0 Å². The number of Topliss-reactive ketones (excluding diaryl/α,β-unsaturated/α-hetero) is 1. The van der Waals surface area contributed by atoms with Gasteiger partial charge in [0.25, 0.3) is 0 Å². The lowest BCUT2D eigenvalue weighted by molar-refractivity contribution is 0.0918. The van der Waals surface area contributed by atoms with Gasteiger partial charge in [0.2, 0.25) is 0 Å². The number of fused-ring (bicyclic) bond motifs is 1. The number of aryl methyl sites for hydroxylation is 1. The van der Waals surface area contributed by atoms with Gasteiger partial charge in [-0.15, -0.1) is 0 Å². The molecule has 0 bridgehead atoms. The van der Waals surface area contributed by atoms with Gasteiger partial charge >= 0.3 is 0 Å². The van der Waals surface area contributed by atoms with Crippen LogP contribution in [0.3, 0.4) is 0 Å². The molecule has 30 heavy (non-hydrogen) atoms. The Morgan fingerprint density at radius 2 is 1.90 bits per heavy atom. The molecule has 3 aromatic rings. The van der Waals surface area contributed by atoms with Gasteiger partial charge < -0.3 is 9.84 Å². The Morgan fingerprint density at radius 3 is 2.53 bits per heavy atom. The van der Waals surface area contributed by atoms with Crippen molar-refractivity contribution in [2.45, 2.75) is 40.2 Å². The molecule has 0 unspecified atom stereocenters. The molecule has 3 rings (SSSR count). The van der Waals surface area contributed by atoms with Crippen molar-refractivity contribution in [3.05, 3.63) is 65.1 Å². The summed E-state index contributed by atoms with van der Waals surface area (Å²) in [6.07, 6.45) is 2.67. The molecule has 0 amide bonds. The van der Waals surface area contributed by atoms with Crippen LogP contribution in [0.1, 0.15) is 48.4 Å². The standard InChI is InChI=1S/C23H26F2N2O3/c1-14(2)10-16(12-28)11-20(29)22-15(3)26-23-21(8-5-9-27(22)23)30-13-17-18(24)6-4-7-19(17)25/h4-9,14,16,28H,10-13H2,1-3H3/t16-/m0/s1. The molecule has 2 aromatic heterocycles. The highest BCUT2D eigenvalue weighted by Crippen LogP contribution is 2.26. The monoisotopic (exact) mass is 416 g/mol. The van der Waals surface area contributed by atoms with Crippen LogP contribution >= 0.6 is 0 Å². The van der Waals surface area contributed by atoms with Gasteiger partial charge in [-0.1, -0.05) is 19.9 Å². The van der Waals surface area contributed by atoms with E-state index in [1.54, 1.807) is 29.7 Å². The number of benzene rings is 1. The van der Waals surface area contributed by atoms with Crippen molar-refractivity contribution in [1.29, 1.82) is 0 Å². The lowest BCUT2D eigenvalue weighted by Gasteiger charge is -2.15. The van der Waals surface area contributed by atoms with E-state index in [4.69, 9.17) is 4.74 Å². The second-order valence-electron chi connectivity index (χ2n) is 7.91. The van der Waals surface area contributed by atoms with E-state index in [1.165, 1.54) is 18.2 Å². The molecule has 0 spiro atoms. The Kier molecular flexibility index (Phi) is 6.82. The molecule has 160 valence electrons. The van der Waals surface area contributed by atoms with Crippen LogP contribution in [0.4, 0.5) is 8.78 Å². The first-order valence-corrected chi connectivity index (χ1v) is 9.99. The molecule has 0 aliphatic heterocycles. The van der Waals surface area contributed by atoms with Crippen LogP contribution in [-0.4, -0.2) is 26.9 Å². The summed E-state index contributed by atoms with van der Waals surface area (Å²) in [5.41, 5.74) is 1.20. The number of halogens is 2. The highest BCUT2D eigenvalue weighted by molar-refractivity contribution is 5.96. The zero-order chi connectivity index (χ0) is 21.8. The van der Waals surface area contributed by atoms with Crippen LogP contribution in [-0.2, 0) is 6.61 Å². The SMILES string of the molecule is Cc1nc2c(OCc3c(F)cccc3F)cccn2c1C(=O)C[C@@H](CO)CC(C)C. The zero-order valence-electron chi connectivity index (χ0n) is 17.4. The number of nitrogens with zero attached hydrogens (tertiary/aromatic N) is 2. The highest BCUT2D eigenvalue weighted by atomic mass is 19.1. The minimum atomic E-state index is -0.683. The number of aliphatic hydroxyl groups is 1. The first-order valence-electron chi connectivity index (χ1n) is 9.99. The Hall–Kier alpha value is -2.80. The van der Waals surface area contributed by atoms with Gasteiger partial charge in [-0.3, -0.25) is 9.20 Å². The van der Waals surface area contributed by atoms with E-state index in [2.05, 4.69) is 18.8 Å². The third kappa shape index (κ3) is 4.67. The van der Waals surface area contributed by atoms with Crippen LogP contribution in [0.25, 0.3) is 5.65 Å². The molecule has 0 saturated carbocycles. The summed E-state index contributed by atoms with van der Waals surface area (Å²) in [5.74, 6) is -0.904. The van der Waals surface area contributed by atoms with Crippen LogP contribution in [0.5, 0.6) is 5.75 Å². The van der Waals surface area contributed by atoms with Crippen molar-refractivity contribution >= 4 is 11.4 Å². The normalized spacial score (nSPS) is 12.5. The number of hydrogen-bond acceptors (Lipinski definition) is 4. The predicted octanol–water partition coefficient (Wildman–Crippen LogP) is 4.73. The molecule has 1 atom stereocenters. The van der Waals surface area contributed by atoms with Crippen molar-refractivity contribution in [2.75, 3.05) is 6.61 Å². The van der Waals surface area contributed by atoms with Gasteiger partial charge in [0.1, 0.15) is 23.9 Å². The van der Waals surface area contributed by atoms with Gasteiger partial charge in [0, 0.05) is 19.2 Å². The quantitative estimate of drug-likeness (QED) is 0.513. The molecule has 1 aromatic carbocycles. The van der Waals surface area contributed by atoms with Crippen LogP contribution in [0.2, 0.25) is 0 Å². The van der Waals surface area contributed by atoms with Gasteiger partial charge in [-0.05, 0) is 49.4 Å². The van der Waals surface area contributed by atoms with Crippen molar-refractivity contribution in [3.63, 3.8) is 0 Å². The second-order valence-corrected chi connectivity index (χ2v) is 7.91. The number of aromatic nitrogens is 2. The van der Waals surface area contributed by atoms with E-state index >= 15 is 0 Å². The number of hydrogen-bond donors (Lipinski definition) is 1. The minimum absolute atomic E-state index is 0.0533. The summed E-state index contributed by atoms with van der Waals surface area (Å²) in [7, 11) is 0. The van der Waals surface area contributed by atoms with Crippen LogP contribution in [0, 0.1) is 30.4 Å².